The molecule has 0 unspecified atom stereocenters. The fourth-order valence-corrected chi connectivity index (χ4v) is 0.410. The second kappa shape index (κ2) is 5.54. The SMILES string of the molecule is CCCC[O][V]. The van der Waals surface area contributed by atoms with E-state index in [1.54, 1.807) is 0 Å². The van der Waals surface area contributed by atoms with Crippen molar-refractivity contribution in [1.82, 2.24) is 0 Å². The van der Waals surface area contributed by atoms with Crippen molar-refractivity contribution in [3.05, 3.63) is 0 Å². The third kappa shape index (κ3) is 4.54. The Morgan fingerprint density at radius 1 is 1.67 bits per heavy atom. The minimum atomic E-state index is 0.885. The maximum absolute atomic E-state index is 4.72. The van der Waals surface area contributed by atoms with Gasteiger partial charge in [-0.25, -0.2) is 0 Å². The average Bonchev–Trinajstić information content (AvgIpc) is 1.61. The molecule has 0 aliphatic rings. The molecule has 0 aromatic rings. The van der Waals surface area contributed by atoms with Gasteiger partial charge in [0.25, 0.3) is 0 Å². The van der Waals surface area contributed by atoms with Crippen molar-refractivity contribution in [3.63, 3.8) is 0 Å². The Labute approximate surface area is 48.4 Å². The first-order valence-electron chi connectivity index (χ1n) is 2.18. The van der Waals surface area contributed by atoms with E-state index in [-0.39, 0.29) is 0 Å². The third-order valence-electron chi connectivity index (χ3n) is 0.589. The summed E-state index contributed by atoms with van der Waals surface area (Å²) in [6, 6.07) is 0. The van der Waals surface area contributed by atoms with E-state index in [1.165, 1.54) is 12.8 Å². The minimum absolute atomic E-state index is 0.885. The van der Waals surface area contributed by atoms with Gasteiger partial charge in [-0.05, 0) is 0 Å². The van der Waals surface area contributed by atoms with Crippen molar-refractivity contribution in [2.24, 2.45) is 0 Å². The predicted octanol–water partition coefficient (Wildman–Crippen LogP) is 1.26. The molecule has 36 valence electrons. The Morgan fingerprint density at radius 2 is 2.33 bits per heavy atom. The van der Waals surface area contributed by atoms with Crippen LogP contribution in [0.25, 0.3) is 0 Å². The molecule has 0 aliphatic carbocycles. The Morgan fingerprint density at radius 3 is 2.50 bits per heavy atom. The molecule has 0 radical (unpaired) electrons. The van der Waals surface area contributed by atoms with E-state index in [4.69, 9.17) is 3.66 Å². The van der Waals surface area contributed by atoms with Crippen molar-refractivity contribution in [2.45, 2.75) is 19.8 Å². The quantitative estimate of drug-likeness (QED) is 0.514. The molecule has 1 nitrogen and oxygen atoms in total. The zero-order chi connectivity index (χ0) is 4.83. The van der Waals surface area contributed by atoms with Crippen LogP contribution in [0.4, 0.5) is 0 Å². The van der Waals surface area contributed by atoms with Gasteiger partial charge in [0.05, 0.1) is 0 Å². The Kier molecular flexibility index (Phi) is 6.05. The summed E-state index contributed by atoms with van der Waals surface area (Å²) < 4.78 is 4.72. The average molecular weight is 124 g/mol. The molecule has 0 aromatic heterocycles. The predicted molar refractivity (Wildman–Crippen MR) is 20.9 cm³/mol. The summed E-state index contributed by atoms with van der Waals surface area (Å²) in [7, 11) is 0. The zero-order valence-corrected chi connectivity index (χ0v) is 5.37. The number of rotatable bonds is 3. The van der Waals surface area contributed by atoms with Crippen LogP contribution in [-0.4, -0.2) is 6.61 Å². The normalized spacial score (nSPS) is 8.83. The summed E-state index contributed by atoms with van der Waals surface area (Å²) >= 11 is 2.10. The topological polar surface area (TPSA) is 9.23 Å². The molecule has 0 spiro atoms. The molecular weight excluding hydrogens is 115 g/mol. The Balaban J connectivity index is 2.34. The number of unbranched alkanes of at least 4 members (excludes halogenated alkanes) is 1. The first-order valence-corrected chi connectivity index (χ1v) is 2.75. The van der Waals surface area contributed by atoms with Gasteiger partial charge >= 0.3 is 47.8 Å². The van der Waals surface area contributed by atoms with E-state index in [2.05, 4.69) is 24.7 Å². The van der Waals surface area contributed by atoms with Crippen molar-refractivity contribution in [3.8, 4) is 0 Å². The van der Waals surface area contributed by atoms with Gasteiger partial charge in [0.1, 0.15) is 0 Å². The Hall–Kier alpha value is 0.544. The molecule has 0 atom stereocenters. The molecule has 0 amide bonds. The van der Waals surface area contributed by atoms with Gasteiger partial charge in [0, 0.05) is 0 Å². The number of hydrogen-bond donors (Lipinski definition) is 0. The maximum atomic E-state index is 4.72. The van der Waals surface area contributed by atoms with E-state index in [0.717, 1.165) is 6.61 Å². The van der Waals surface area contributed by atoms with Crippen LogP contribution in [0.15, 0.2) is 0 Å². The molecule has 0 aromatic carbocycles. The van der Waals surface area contributed by atoms with E-state index >= 15 is 0 Å². The summed E-state index contributed by atoms with van der Waals surface area (Å²) in [4.78, 5) is 0. The van der Waals surface area contributed by atoms with Crippen LogP contribution in [-0.2, 0) is 21.4 Å². The molecule has 0 rings (SSSR count). The second-order valence-corrected chi connectivity index (χ2v) is 1.59. The number of hydrogen-bond acceptors (Lipinski definition) is 1. The summed E-state index contributed by atoms with van der Waals surface area (Å²) in [6.45, 7) is 3.03. The van der Waals surface area contributed by atoms with Gasteiger partial charge in [0.2, 0.25) is 0 Å². The van der Waals surface area contributed by atoms with Crippen LogP contribution in [0.1, 0.15) is 19.8 Å². The van der Waals surface area contributed by atoms with Crippen LogP contribution in [0, 0.1) is 0 Å². The van der Waals surface area contributed by atoms with Gasteiger partial charge in [-0.3, -0.25) is 0 Å². The van der Waals surface area contributed by atoms with Gasteiger partial charge in [-0.2, -0.15) is 0 Å². The van der Waals surface area contributed by atoms with E-state index in [1.807, 2.05) is 0 Å². The van der Waals surface area contributed by atoms with Crippen LogP contribution < -0.4 is 0 Å². The molecule has 0 saturated heterocycles. The van der Waals surface area contributed by atoms with Gasteiger partial charge in [-0.1, -0.05) is 0 Å². The van der Waals surface area contributed by atoms with Gasteiger partial charge < -0.3 is 0 Å². The van der Waals surface area contributed by atoms with Crippen molar-refractivity contribution in [2.75, 3.05) is 6.61 Å². The summed E-state index contributed by atoms with van der Waals surface area (Å²) in [5.41, 5.74) is 0. The third-order valence-corrected chi connectivity index (χ3v) is 0.874. The van der Waals surface area contributed by atoms with Gasteiger partial charge in [0.15, 0.2) is 0 Å². The molecular formula is C4H9OV. The van der Waals surface area contributed by atoms with Crippen LogP contribution in [0.5, 0.6) is 0 Å². The fraction of sp³-hybridized carbons (Fsp3) is 1.00. The van der Waals surface area contributed by atoms with E-state index in [9.17, 15) is 0 Å². The molecule has 6 heavy (non-hydrogen) atoms. The summed E-state index contributed by atoms with van der Waals surface area (Å²) in [6.07, 6.45) is 2.40. The second-order valence-electron chi connectivity index (χ2n) is 1.19. The first-order chi connectivity index (χ1) is 2.91. The zero-order valence-electron chi connectivity index (χ0n) is 3.98. The first kappa shape index (κ1) is 6.54. The molecule has 0 heterocycles. The molecule has 0 saturated carbocycles. The summed E-state index contributed by atoms with van der Waals surface area (Å²) in [5.74, 6) is 0. The van der Waals surface area contributed by atoms with Crippen molar-refractivity contribution in [1.29, 1.82) is 0 Å². The van der Waals surface area contributed by atoms with Crippen molar-refractivity contribution < 1.29 is 21.4 Å². The fourth-order valence-electron chi connectivity index (χ4n) is 0.209. The van der Waals surface area contributed by atoms with E-state index < -0.39 is 0 Å². The van der Waals surface area contributed by atoms with E-state index in [0.29, 0.717) is 0 Å². The van der Waals surface area contributed by atoms with Crippen LogP contribution >= 0.6 is 0 Å². The molecule has 0 bridgehead atoms. The molecule has 2 heteroatoms. The van der Waals surface area contributed by atoms with Crippen LogP contribution in [0.3, 0.4) is 0 Å². The summed E-state index contributed by atoms with van der Waals surface area (Å²) in [5, 5.41) is 0. The van der Waals surface area contributed by atoms with Crippen LogP contribution in [0.2, 0.25) is 0 Å². The standard InChI is InChI=1S/C4H9O.V/c1-2-3-4-5;/h2-4H2,1H3;/q-1;+1. The Bertz CT molecular complexity index is 19.5. The monoisotopic (exact) mass is 124 g/mol. The molecule has 0 N–H and O–H groups in total. The van der Waals surface area contributed by atoms with Crippen molar-refractivity contribution >= 4 is 0 Å². The molecule has 0 fully saturated rings. The molecule has 0 aliphatic heterocycles. The van der Waals surface area contributed by atoms with Gasteiger partial charge in [-0.15, -0.1) is 0 Å².